The molecule has 0 spiro atoms. The van der Waals surface area contributed by atoms with Gasteiger partial charge in [-0.2, -0.15) is 0 Å². The highest BCUT2D eigenvalue weighted by Gasteiger charge is 2.21. The van der Waals surface area contributed by atoms with E-state index in [9.17, 15) is 14.4 Å². The first-order valence-corrected chi connectivity index (χ1v) is 5.85. The molecule has 0 aromatic carbocycles. The lowest BCUT2D eigenvalue weighted by molar-refractivity contribution is -0.140. The Kier molecular flexibility index (Phi) is 7.77. The van der Waals surface area contributed by atoms with E-state index in [0.717, 1.165) is 0 Å². The Morgan fingerprint density at radius 1 is 1.26 bits per heavy atom. The Labute approximate surface area is 111 Å². The number of carboxylic acid groups (broad SMARTS) is 2. The third kappa shape index (κ3) is 7.65. The smallest absolute Gasteiger partial charge is 0.326 e. The monoisotopic (exact) mass is 270 g/mol. The summed E-state index contributed by atoms with van der Waals surface area (Å²) in [4.78, 5) is 32.8. The van der Waals surface area contributed by atoms with Crippen molar-refractivity contribution >= 4 is 18.0 Å². The number of amides is 2. The van der Waals surface area contributed by atoms with Crippen molar-refractivity contribution in [3.8, 4) is 12.3 Å². The van der Waals surface area contributed by atoms with E-state index in [1.54, 1.807) is 0 Å². The van der Waals surface area contributed by atoms with E-state index >= 15 is 0 Å². The zero-order chi connectivity index (χ0) is 14.8. The largest absolute Gasteiger partial charge is 0.481 e. The molecule has 0 aliphatic heterocycles. The zero-order valence-electron chi connectivity index (χ0n) is 10.7. The van der Waals surface area contributed by atoms with Gasteiger partial charge >= 0.3 is 18.0 Å². The van der Waals surface area contributed by atoms with E-state index in [-0.39, 0.29) is 18.9 Å². The maximum Gasteiger partial charge on any atom is 0.326 e. The van der Waals surface area contributed by atoms with Crippen LogP contribution >= 0.6 is 0 Å². The van der Waals surface area contributed by atoms with Crippen molar-refractivity contribution in [2.75, 3.05) is 0 Å². The second-order valence-corrected chi connectivity index (χ2v) is 3.95. The van der Waals surface area contributed by atoms with Crippen LogP contribution in [0.4, 0.5) is 4.79 Å². The van der Waals surface area contributed by atoms with E-state index in [2.05, 4.69) is 16.6 Å². The first-order valence-electron chi connectivity index (χ1n) is 5.85. The average Bonchev–Trinajstić information content (AvgIpc) is 2.33. The molecule has 2 unspecified atom stereocenters. The van der Waals surface area contributed by atoms with Gasteiger partial charge in [0, 0.05) is 18.9 Å². The minimum absolute atomic E-state index is 0.177. The van der Waals surface area contributed by atoms with Gasteiger partial charge in [-0.1, -0.05) is 6.92 Å². The number of aliphatic carboxylic acids is 2. The van der Waals surface area contributed by atoms with Gasteiger partial charge in [0.05, 0.1) is 0 Å². The molecule has 7 nitrogen and oxygen atoms in total. The maximum absolute atomic E-state index is 11.5. The summed E-state index contributed by atoms with van der Waals surface area (Å²) in [6.45, 7) is 1.83. The number of carbonyl (C=O) groups is 3. The Morgan fingerprint density at radius 3 is 2.32 bits per heavy atom. The normalized spacial score (nSPS) is 12.8. The summed E-state index contributed by atoms with van der Waals surface area (Å²) in [5.74, 6) is 0.00892. The van der Waals surface area contributed by atoms with Crippen molar-refractivity contribution in [3.63, 3.8) is 0 Å². The van der Waals surface area contributed by atoms with Gasteiger partial charge in [-0.15, -0.1) is 12.3 Å². The molecular formula is C12H18N2O5. The molecule has 19 heavy (non-hydrogen) atoms. The first kappa shape index (κ1) is 16.8. The van der Waals surface area contributed by atoms with Crippen LogP contribution in [-0.4, -0.2) is 40.3 Å². The molecule has 0 saturated carbocycles. The van der Waals surface area contributed by atoms with Gasteiger partial charge in [-0.25, -0.2) is 9.59 Å². The number of hydrogen-bond donors (Lipinski definition) is 4. The summed E-state index contributed by atoms with van der Waals surface area (Å²) in [6.07, 6.45) is 5.58. The number of carboxylic acids is 2. The Hall–Kier alpha value is -2.23. The van der Waals surface area contributed by atoms with Crippen molar-refractivity contribution in [1.29, 1.82) is 0 Å². The molecule has 0 aromatic heterocycles. The van der Waals surface area contributed by atoms with Gasteiger partial charge < -0.3 is 20.8 Å². The van der Waals surface area contributed by atoms with Crippen LogP contribution in [0.1, 0.15) is 32.6 Å². The predicted molar refractivity (Wildman–Crippen MR) is 67.5 cm³/mol. The van der Waals surface area contributed by atoms with Crippen LogP contribution in [0.25, 0.3) is 0 Å². The summed E-state index contributed by atoms with van der Waals surface area (Å²) in [6, 6.07) is -2.14. The fourth-order valence-corrected chi connectivity index (χ4v) is 1.35. The molecule has 106 valence electrons. The summed E-state index contributed by atoms with van der Waals surface area (Å²) in [5, 5.41) is 22.1. The summed E-state index contributed by atoms with van der Waals surface area (Å²) >= 11 is 0. The molecule has 2 atom stereocenters. The summed E-state index contributed by atoms with van der Waals surface area (Å²) < 4.78 is 0. The van der Waals surface area contributed by atoms with Crippen molar-refractivity contribution in [1.82, 2.24) is 10.6 Å². The number of carbonyl (C=O) groups excluding carboxylic acids is 1. The van der Waals surface area contributed by atoms with Crippen molar-refractivity contribution in [2.24, 2.45) is 0 Å². The van der Waals surface area contributed by atoms with Crippen molar-refractivity contribution < 1.29 is 24.6 Å². The third-order valence-corrected chi connectivity index (χ3v) is 2.44. The molecule has 0 fully saturated rings. The second kappa shape index (κ2) is 8.80. The Balaban J connectivity index is 4.34. The third-order valence-electron chi connectivity index (χ3n) is 2.44. The maximum atomic E-state index is 11.5. The quantitative estimate of drug-likeness (QED) is 0.477. The van der Waals surface area contributed by atoms with Crippen molar-refractivity contribution in [3.05, 3.63) is 0 Å². The van der Waals surface area contributed by atoms with Crippen LogP contribution < -0.4 is 10.6 Å². The van der Waals surface area contributed by atoms with Crippen LogP contribution in [0.3, 0.4) is 0 Å². The highest BCUT2D eigenvalue weighted by atomic mass is 16.4. The standard InChI is InChI=1S/C12H18N2O5/c1-3-5-8(4-2)13-12(19)14-9(11(17)18)6-7-10(15)16/h1,8-9H,4-7H2,2H3,(H,15,16)(H,17,18)(H2,13,14,19). The number of hydrogen-bond acceptors (Lipinski definition) is 3. The van der Waals surface area contributed by atoms with E-state index in [4.69, 9.17) is 16.6 Å². The fourth-order valence-electron chi connectivity index (χ4n) is 1.35. The van der Waals surface area contributed by atoms with Crippen LogP contribution in [0.5, 0.6) is 0 Å². The molecule has 0 saturated heterocycles. The Morgan fingerprint density at radius 2 is 1.89 bits per heavy atom. The fraction of sp³-hybridized carbons (Fsp3) is 0.583. The lowest BCUT2D eigenvalue weighted by Gasteiger charge is -2.18. The minimum Gasteiger partial charge on any atom is -0.481 e. The van der Waals surface area contributed by atoms with Gasteiger partial charge in [0.25, 0.3) is 0 Å². The van der Waals surface area contributed by atoms with Crippen LogP contribution in [-0.2, 0) is 9.59 Å². The number of urea groups is 1. The molecule has 0 bridgehead atoms. The number of terminal acetylenes is 1. The molecule has 4 N–H and O–H groups in total. The molecule has 0 rings (SSSR count). The molecule has 0 radical (unpaired) electrons. The van der Waals surface area contributed by atoms with Crippen LogP contribution in [0.2, 0.25) is 0 Å². The molecule has 0 heterocycles. The Bertz CT molecular complexity index is 375. The molecule has 0 aliphatic rings. The molecular weight excluding hydrogens is 252 g/mol. The van der Waals surface area contributed by atoms with Gasteiger partial charge in [0.2, 0.25) is 0 Å². The zero-order valence-corrected chi connectivity index (χ0v) is 10.7. The molecule has 0 aromatic rings. The topological polar surface area (TPSA) is 116 Å². The lowest BCUT2D eigenvalue weighted by Crippen LogP contribution is -2.49. The minimum atomic E-state index is -1.28. The molecule has 7 heteroatoms. The number of nitrogens with one attached hydrogen (secondary N) is 2. The van der Waals surface area contributed by atoms with E-state index in [1.165, 1.54) is 0 Å². The van der Waals surface area contributed by atoms with E-state index in [1.807, 2.05) is 6.92 Å². The predicted octanol–water partition coefficient (Wildman–Crippen LogP) is 0.406. The molecule has 2 amide bonds. The second-order valence-electron chi connectivity index (χ2n) is 3.95. The lowest BCUT2D eigenvalue weighted by atomic mass is 10.1. The number of rotatable bonds is 8. The summed E-state index contributed by atoms with van der Waals surface area (Å²) in [5.41, 5.74) is 0. The van der Waals surface area contributed by atoms with E-state index in [0.29, 0.717) is 12.8 Å². The first-order chi connectivity index (χ1) is 8.90. The van der Waals surface area contributed by atoms with Gasteiger partial charge in [0.1, 0.15) is 6.04 Å². The average molecular weight is 270 g/mol. The SMILES string of the molecule is C#CCC(CC)NC(=O)NC(CCC(=O)O)C(=O)O. The van der Waals surface area contributed by atoms with E-state index < -0.39 is 24.0 Å². The highest BCUT2D eigenvalue weighted by molar-refractivity contribution is 5.83. The molecule has 0 aliphatic carbocycles. The van der Waals surface area contributed by atoms with Crippen molar-refractivity contribution in [2.45, 2.75) is 44.7 Å². The van der Waals surface area contributed by atoms with Gasteiger partial charge in [-0.3, -0.25) is 4.79 Å². The van der Waals surface area contributed by atoms with Crippen LogP contribution in [0.15, 0.2) is 0 Å². The highest BCUT2D eigenvalue weighted by Crippen LogP contribution is 2.00. The van der Waals surface area contributed by atoms with Gasteiger partial charge in [0.15, 0.2) is 0 Å². The van der Waals surface area contributed by atoms with Gasteiger partial charge in [-0.05, 0) is 12.8 Å². The van der Waals surface area contributed by atoms with Crippen LogP contribution in [0, 0.1) is 12.3 Å². The summed E-state index contributed by atoms with van der Waals surface area (Å²) in [7, 11) is 0.